The predicted molar refractivity (Wildman–Crippen MR) is 258 cm³/mol. The Kier molecular flexibility index (Phi) is 23.9. The zero-order valence-electron chi connectivity index (χ0n) is 42.9. The van der Waals surface area contributed by atoms with Crippen LogP contribution in [0.2, 0.25) is 0 Å². The first-order valence-corrected chi connectivity index (χ1v) is 24.4. The molecule has 0 amide bonds. The Hall–Kier alpha value is -2.24. The van der Waals surface area contributed by atoms with E-state index in [4.69, 9.17) is 14.2 Å². The number of carbonyl (C=O) groups excluding carboxylic acids is 4. The van der Waals surface area contributed by atoms with Gasteiger partial charge in [-0.3, -0.25) is 33.9 Å². The fraction of sp³-hybridized carbons (Fsp3) is 0.923. The molecule has 0 unspecified atom stereocenters. The average molecular weight is 894 g/mol. The van der Waals surface area contributed by atoms with E-state index >= 15 is 0 Å². The molecule has 11 nitrogen and oxygen atoms in total. The molecule has 0 aromatic heterocycles. The third-order valence-corrected chi connectivity index (χ3v) is 15.0. The Balaban J connectivity index is 0.000000653. The number of hydrogen-bond donors (Lipinski definition) is 0. The Morgan fingerprint density at radius 3 is 0.730 bits per heavy atom. The summed E-state index contributed by atoms with van der Waals surface area (Å²) in [7, 11) is 7.91. The van der Waals surface area contributed by atoms with E-state index in [-0.39, 0.29) is 82.8 Å². The van der Waals surface area contributed by atoms with E-state index in [0.29, 0.717) is 25.7 Å². The highest BCUT2D eigenvalue weighted by molar-refractivity contribution is 5.70. The molecule has 0 N–H and O–H groups in total. The summed E-state index contributed by atoms with van der Waals surface area (Å²) in [5.41, 5.74) is 0.186. The number of carbonyl (C=O) groups is 4. The topological polar surface area (TPSA) is 115 Å². The number of likely N-dealkylation sites (tertiary alicyclic amines) is 3. The van der Waals surface area contributed by atoms with E-state index < -0.39 is 0 Å². The van der Waals surface area contributed by atoms with E-state index in [9.17, 15) is 19.2 Å². The van der Waals surface area contributed by atoms with Crippen LogP contribution in [0, 0.1) is 0 Å². The van der Waals surface area contributed by atoms with Crippen molar-refractivity contribution in [2.75, 3.05) is 28.3 Å². The van der Waals surface area contributed by atoms with Crippen LogP contribution in [0.4, 0.5) is 0 Å². The molecule has 0 bridgehead atoms. The Morgan fingerprint density at radius 2 is 0.540 bits per heavy atom. The van der Waals surface area contributed by atoms with Crippen LogP contribution in [0.25, 0.3) is 0 Å². The summed E-state index contributed by atoms with van der Waals surface area (Å²) in [6.45, 7) is 26.7. The minimum Gasteiger partial charge on any atom is -0.469 e. The molecule has 0 aromatic rings. The van der Waals surface area contributed by atoms with Crippen molar-refractivity contribution in [3.8, 4) is 0 Å². The van der Waals surface area contributed by atoms with E-state index in [0.717, 1.165) is 116 Å². The van der Waals surface area contributed by atoms with Gasteiger partial charge in [-0.15, -0.1) is 0 Å². The first-order chi connectivity index (χ1) is 28.5. The molecule has 11 heteroatoms. The van der Waals surface area contributed by atoms with Gasteiger partial charge in [0.15, 0.2) is 0 Å². The van der Waals surface area contributed by atoms with Crippen LogP contribution in [0.3, 0.4) is 0 Å². The van der Waals surface area contributed by atoms with Gasteiger partial charge in [-0.05, 0) is 130 Å². The lowest BCUT2D eigenvalue weighted by Gasteiger charge is -2.53. The summed E-state index contributed by atoms with van der Waals surface area (Å²) in [6, 6.07) is 0. The zero-order valence-corrected chi connectivity index (χ0v) is 42.9. The molecule has 3 aliphatic heterocycles. The molecule has 0 atom stereocenters. The molecule has 0 radical (unpaired) electrons. The molecule has 0 spiro atoms. The van der Waals surface area contributed by atoms with Gasteiger partial charge in [0.1, 0.15) is 18.3 Å². The van der Waals surface area contributed by atoms with Crippen LogP contribution < -0.4 is 0 Å². The number of ether oxygens (including phenoxy) is 4. The molecule has 3 heterocycles. The van der Waals surface area contributed by atoms with E-state index in [1.54, 1.807) is 0 Å². The minimum atomic E-state index is -0.131. The van der Waals surface area contributed by atoms with Crippen molar-refractivity contribution in [2.24, 2.45) is 0 Å². The summed E-state index contributed by atoms with van der Waals surface area (Å²) in [4.78, 5) is 55.2. The first-order valence-electron chi connectivity index (χ1n) is 24.4. The Labute approximate surface area is 387 Å². The van der Waals surface area contributed by atoms with Crippen molar-refractivity contribution in [3.05, 3.63) is 0 Å². The molecule has 370 valence electrons. The Morgan fingerprint density at radius 1 is 0.365 bits per heavy atom. The summed E-state index contributed by atoms with van der Waals surface area (Å²) >= 11 is 0. The fourth-order valence-electron chi connectivity index (χ4n) is 10.4. The zero-order chi connectivity index (χ0) is 47.2. The summed E-state index contributed by atoms with van der Waals surface area (Å²) in [5, 5.41) is 0. The Bertz CT molecular complexity index is 1290. The van der Waals surface area contributed by atoms with Gasteiger partial charge in [0.05, 0.1) is 7.11 Å². The van der Waals surface area contributed by atoms with Gasteiger partial charge in [-0.25, -0.2) is 0 Å². The smallest absolute Gasteiger partial charge is 0.306 e. The van der Waals surface area contributed by atoms with E-state index in [2.05, 4.69) is 124 Å². The summed E-state index contributed by atoms with van der Waals surface area (Å²) < 4.78 is 22.1. The number of piperidine rings is 3. The van der Waals surface area contributed by atoms with Crippen LogP contribution in [0.5, 0.6) is 0 Å². The van der Waals surface area contributed by atoms with Gasteiger partial charge in [-0.2, -0.15) is 0 Å². The molecule has 63 heavy (non-hydrogen) atoms. The SMILES string of the molecule is C.CN1C(C)(C)CC(OC(=O)CCCCCCCCC(=O)OC2CC(C)(C)N(C)C(C)(C)C2)CC1(C)C.COC(=O)CCCCCCCCC(=O)OC1CC(C)(C)N(C)C(C)(C)C1. The van der Waals surface area contributed by atoms with Gasteiger partial charge < -0.3 is 18.9 Å². The monoisotopic (exact) mass is 894 g/mol. The standard InChI is InChI=1S/C30H56N2O4.C21H39NO4.CH4/c1-27(2)19-23(20-28(3,4)31(27)9)35-25(33)17-15-13-11-12-14-16-18-26(34)36-24-21-29(5,6)32(10)30(7,8)22-24;1-20(2)15-17(16-21(3,4)22(20)5)26-19(24)14-12-10-8-7-9-11-13-18(23)25-6;/h23-24H,11-22H2,1-10H3;17H,7-16H2,1-6H3;1H4. The van der Waals surface area contributed by atoms with Crippen molar-refractivity contribution < 1.29 is 38.1 Å². The van der Waals surface area contributed by atoms with Crippen LogP contribution in [0.1, 0.15) is 232 Å². The number of nitrogens with zero attached hydrogens (tertiary/aromatic N) is 3. The molecular weight excluding hydrogens is 795 g/mol. The van der Waals surface area contributed by atoms with Gasteiger partial charge in [0, 0.05) is 97.4 Å². The lowest BCUT2D eigenvalue weighted by atomic mass is 9.78. The van der Waals surface area contributed by atoms with Crippen LogP contribution in [-0.2, 0) is 38.1 Å². The molecule has 3 rings (SSSR count). The van der Waals surface area contributed by atoms with Crippen LogP contribution in [0.15, 0.2) is 0 Å². The normalized spacial score (nSPS) is 22.2. The number of unbranched alkanes of at least 4 members (excludes halogenated alkanes) is 10. The van der Waals surface area contributed by atoms with Crippen molar-refractivity contribution in [3.63, 3.8) is 0 Å². The third kappa shape index (κ3) is 20.0. The highest BCUT2D eigenvalue weighted by Crippen LogP contribution is 2.40. The number of esters is 4. The molecule has 3 aliphatic rings. The van der Waals surface area contributed by atoms with Crippen molar-refractivity contribution in [1.82, 2.24) is 14.7 Å². The molecule has 0 saturated carbocycles. The number of rotatable bonds is 21. The van der Waals surface area contributed by atoms with Gasteiger partial charge in [0.2, 0.25) is 0 Å². The molecule has 3 fully saturated rings. The second kappa shape index (κ2) is 25.6. The third-order valence-electron chi connectivity index (χ3n) is 15.0. The largest absolute Gasteiger partial charge is 0.469 e. The molecular formula is C52H99N3O8. The van der Waals surface area contributed by atoms with Crippen LogP contribution in [-0.4, -0.2) is 118 Å². The minimum absolute atomic E-state index is 0. The quantitative estimate of drug-likeness (QED) is 0.0623. The van der Waals surface area contributed by atoms with E-state index in [1.807, 2.05) is 0 Å². The maximum absolute atomic E-state index is 12.4. The fourth-order valence-corrected chi connectivity index (χ4v) is 10.4. The lowest BCUT2D eigenvalue weighted by Crippen LogP contribution is -2.60. The van der Waals surface area contributed by atoms with Crippen molar-refractivity contribution in [1.29, 1.82) is 0 Å². The highest BCUT2D eigenvalue weighted by atomic mass is 16.6. The maximum Gasteiger partial charge on any atom is 0.306 e. The predicted octanol–water partition coefficient (Wildman–Crippen LogP) is 11.6. The van der Waals surface area contributed by atoms with Gasteiger partial charge >= 0.3 is 23.9 Å². The van der Waals surface area contributed by atoms with Gasteiger partial charge in [-0.1, -0.05) is 58.8 Å². The van der Waals surface area contributed by atoms with E-state index in [1.165, 1.54) is 7.11 Å². The average Bonchev–Trinajstić information content (AvgIpc) is 3.13. The summed E-state index contributed by atoms with van der Waals surface area (Å²) in [6.07, 6.45) is 19.4. The number of hydrogen-bond acceptors (Lipinski definition) is 11. The lowest BCUT2D eigenvalue weighted by molar-refractivity contribution is -0.160. The molecule has 0 aromatic carbocycles. The summed E-state index contributed by atoms with van der Waals surface area (Å²) in [5.74, 6) is -0.303. The molecule has 0 aliphatic carbocycles. The van der Waals surface area contributed by atoms with Crippen molar-refractivity contribution in [2.45, 2.75) is 283 Å². The highest BCUT2D eigenvalue weighted by Gasteiger charge is 2.46. The van der Waals surface area contributed by atoms with Crippen molar-refractivity contribution >= 4 is 23.9 Å². The molecule has 3 saturated heterocycles. The second-order valence-corrected chi connectivity index (χ2v) is 22.9. The van der Waals surface area contributed by atoms with Gasteiger partial charge in [0.25, 0.3) is 0 Å². The van der Waals surface area contributed by atoms with Crippen LogP contribution >= 0.6 is 0 Å². The first kappa shape index (κ1) is 58.8. The second-order valence-electron chi connectivity index (χ2n) is 22.9. The maximum atomic E-state index is 12.4. The number of methoxy groups -OCH3 is 1.